The van der Waals surface area contributed by atoms with E-state index in [0.29, 0.717) is 5.56 Å². The molecule has 88 valence electrons. The van der Waals surface area contributed by atoms with Crippen LogP contribution in [-0.2, 0) is 0 Å². The van der Waals surface area contributed by atoms with Crippen LogP contribution in [0.15, 0.2) is 22.9 Å². The molecule has 2 nitrogen and oxygen atoms in total. The molecule has 0 saturated heterocycles. The summed E-state index contributed by atoms with van der Waals surface area (Å²) in [6.07, 6.45) is 3.00. The highest BCUT2D eigenvalue weighted by Gasteiger charge is 2.00. The Morgan fingerprint density at radius 2 is 1.73 bits per heavy atom. The molecule has 1 aromatic heterocycles. The lowest BCUT2D eigenvalue weighted by Gasteiger charge is -1.91. The van der Waals surface area contributed by atoms with Gasteiger partial charge < -0.3 is 0 Å². The van der Waals surface area contributed by atoms with Crippen molar-refractivity contribution in [1.82, 2.24) is 4.98 Å². The summed E-state index contributed by atoms with van der Waals surface area (Å²) in [6.45, 7) is 8.00. The first-order chi connectivity index (χ1) is 6.70. The van der Waals surface area contributed by atoms with E-state index in [0.717, 1.165) is 4.47 Å². The Morgan fingerprint density at radius 1 is 1.27 bits per heavy atom. The summed E-state index contributed by atoms with van der Waals surface area (Å²) in [6, 6.07) is 1.61. The van der Waals surface area contributed by atoms with Crippen molar-refractivity contribution in [3.63, 3.8) is 0 Å². The molecule has 0 N–H and O–H groups in total. The van der Waals surface area contributed by atoms with Gasteiger partial charge in [-0.15, -0.1) is 0 Å². The van der Waals surface area contributed by atoms with Gasteiger partial charge in [0.1, 0.15) is 0 Å². The molecular weight excluding hydrogens is 277 g/mol. The minimum atomic E-state index is -0.492. The van der Waals surface area contributed by atoms with Crippen LogP contribution in [-0.4, -0.2) is 10.2 Å². The molecule has 0 aliphatic rings. The number of hydrogen-bond donors (Lipinski definition) is 0. The van der Waals surface area contributed by atoms with Gasteiger partial charge >= 0.3 is 0 Å². The first kappa shape index (κ1) is 20.1. The minimum Gasteiger partial charge on any atom is -0.276 e. The second kappa shape index (κ2) is 13.6. The van der Waals surface area contributed by atoms with Gasteiger partial charge in [-0.3, -0.25) is 9.78 Å². The molecule has 0 aliphatic carbocycles. The van der Waals surface area contributed by atoms with E-state index in [1.807, 2.05) is 27.7 Å². The Morgan fingerprint density at radius 3 is 2.00 bits per heavy atom. The summed E-state index contributed by atoms with van der Waals surface area (Å²) in [5.74, 6) is 0. The lowest BCUT2D eigenvalue weighted by Crippen LogP contribution is -1.88. The van der Waals surface area contributed by atoms with Crippen LogP contribution in [0.25, 0.3) is 0 Å². The van der Waals surface area contributed by atoms with E-state index in [-0.39, 0.29) is 7.43 Å². The number of carbonyl (C=O) groups is 1. The van der Waals surface area contributed by atoms with Crippen molar-refractivity contribution in [2.75, 3.05) is 0 Å². The molecule has 0 spiro atoms. The Bertz CT molecular complexity index is 267. The van der Waals surface area contributed by atoms with Crippen molar-refractivity contribution in [2.45, 2.75) is 35.1 Å². The highest BCUT2D eigenvalue weighted by atomic mass is 79.9. The molecule has 15 heavy (non-hydrogen) atoms. The van der Waals surface area contributed by atoms with E-state index < -0.39 is 5.24 Å². The molecule has 1 heterocycles. The number of halogens is 2. The molecule has 0 saturated carbocycles. The van der Waals surface area contributed by atoms with E-state index in [1.165, 1.54) is 6.20 Å². The Labute approximate surface area is 106 Å². The van der Waals surface area contributed by atoms with Gasteiger partial charge in [-0.2, -0.15) is 0 Å². The van der Waals surface area contributed by atoms with E-state index in [4.69, 9.17) is 11.6 Å². The van der Waals surface area contributed by atoms with Crippen molar-refractivity contribution in [3.8, 4) is 0 Å². The van der Waals surface area contributed by atoms with Crippen LogP contribution in [0, 0.1) is 0 Å². The van der Waals surface area contributed by atoms with Crippen molar-refractivity contribution in [1.29, 1.82) is 0 Å². The summed E-state index contributed by atoms with van der Waals surface area (Å²) in [5, 5.41) is -0.492. The van der Waals surface area contributed by atoms with Crippen LogP contribution in [0.5, 0.6) is 0 Å². The maximum Gasteiger partial charge on any atom is 0.253 e. The standard InChI is InChI=1S/C6H3BrClNO.2C2H6.CH4/c7-5-1-4(6(8)10)2-9-3-5;2*1-2;/h1-3H;2*1-2H3;1H4. The van der Waals surface area contributed by atoms with Gasteiger partial charge in [0, 0.05) is 16.9 Å². The minimum absolute atomic E-state index is 0. The van der Waals surface area contributed by atoms with Crippen LogP contribution in [0.4, 0.5) is 0 Å². The Kier molecular flexibility index (Phi) is 18.2. The average Bonchev–Trinajstić information content (AvgIpc) is 2.24. The lowest BCUT2D eigenvalue weighted by molar-refractivity contribution is 0.108. The van der Waals surface area contributed by atoms with Gasteiger partial charge in [-0.25, -0.2) is 0 Å². The monoisotopic (exact) mass is 295 g/mol. The fraction of sp³-hybridized carbons (Fsp3) is 0.455. The number of hydrogen-bond acceptors (Lipinski definition) is 2. The summed E-state index contributed by atoms with van der Waals surface area (Å²) in [4.78, 5) is 14.3. The van der Waals surface area contributed by atoms with Crippen molar-refractivity contribution in [3.05, 3.63) is 28.5 Å². The van der Waals surface area contributed by atoms with Gasteiger partial charge in [-0.05, 0) is 33.6 Å². The predicted molar refractivity (Wildman–Crippen MR) is 71.5 cm³/mol. The average molecular weight is 297 g/mol. The molecule has 0 unspecified atom stereocenters. The van der Waals surface area contributed by atoms with Crippen molar-refractivity contribution < 1.29 is 4.79 Å². The zero-order chi connectivity index (χ0) is 11.6. The number of nitrogens with zero attached hydrogens (tertiary/aromatic N) is 1. The molecule has 1 rings (SSSR count). The normalized spacial score (nSPS) is 7.07. The molecule has 4 heteroatoms. The number of aromatic nitrogens is 1. The molecule has 0 aliphatic heterocycles. The second-order valence-electron chi connectivity index (χ2n) is 1.67. The van der Waals surface area contributed by atoms with Gasteiger partial charge in [0.15, 0.2) is 0 Å². The third-order valence-electron chi connectivity index (χ3n) is 0.932. The number of rotatable bonds is 1. The van der Waals surface area contributed by atoms with Crippen molar-refractivity contribution >= 4 is 32.8 Å². The first-order valence-electron chi connectivity index (χ1n) is 4.50. The van der Waals surface area contributed by atoms with Gasteiger partial charge in [0.05, 0.1) is 5.56 Å². The summed E-state index contributed by atoms with van der Waals surface area (Å²) in [5.41, 5.74) is 0.399. The second-order valence-corrected chi connectivity index (χ2v) is 2.92. The third-order valence-corrected chi connectivity index (χ3v) is 1.58. The van der Waals surface area contributed by atoms with E-state index >= 15 is 0 Å². The zero-order valence-electron chi connectivity index (χ0n) is 8.84. The van der Waals surface area contributed by atoms with Crippen LogP contribution in [0.2, 0.25) is 0 Å². The van der Waals surface area contributed by atoms with Crippen LogP contribution in [0.3, 0.4) is 0 Å². The van der Waals surface area contributed by atoms with Gasteiger partial charge in [0.2, 0.25) is 0 Å². The SMILES string of the molecule is C.CC.CC.O=C(Cl)c1cncc(Br)c1. The highest BCUT2D eigenvalue weighted by molar-refractivity contribution is 9.10. The maximum absolute atomic E-state index is 10.5. The smallest absolute Gasteiger partial charge is 0.253 e. The highest BCUT2D eigenvalue weighted by Crippen LogP contribution is 2.10. The largest absolute Gasteiger partial charge is 0.276 e. The van der Waals surface area contributed by atoms with E-state index in [2.05, 4.69) is 20.9 Å². The summed E-state index contributed by atoms with van der Waals surface area (Å²) >= 11 is 8.33. The summed E-state index contributed by atoms with van der Waals surface area (Å²) < 4.78 is 0.749. The molecule has 0 atom stereocenters. The Balaban J connectivity index is -0.000000258. The first-order valence-corrected chi connectivity index (χ1v) is 5.67. The van der Waals surface area contributed by atoms with Gasteiger partial charge in [-0.1, -0.05) is 35.1 Å². The van der Waals surface area contributed by atoms with Gasteiger partial charge in [0.25, 0.3) is 5.24 Å². The van der Waals surface area contributed by atoms with E-state index in [9.17, 15) is 4.79 Å². The maximum atomic E-state index is 10.5. The third kappa shape index (κ3) is 9.88. The van der Waals surface area contributed by atoms with Crippen molar-refractivity contribution in [2.24, 2.45) is 0 Å². The van der Waals surface area contributed by atoms with Crippen LogP contribution < -0.4 is 0 Å². The van der Waals surface area contributed by atoms with Crippen LogP contribution in [0.1, 0.15) is 45.5 Å². The fourth-order valence-electron chi connectivity index (χ4n) is 0.519. The topological polar surface area (TPSA) is 30.0 Å². The zero-order valence-corrected chi connectivity index (χ0v) is 11.2. The lowest BCUT2D eigenvalue weighted by atomic mass is 10.3. The molecule has 0 aromatic carbocycles. The molecule has 0 fully saturated rings. The molecule has 0 amide bonds. The predicted octanol–water partition coefficient (Wildman–Crippen LogP) is 4.91. The number of carbonyl (C=O) groups excluding carboxylic acids is 1. The Hall–Kier alpha value is -0.410. The van der Waals surface area contributed by atoms with Crippen LogP contribution >= 0.6 is 27.5 Å². The molecule has 0 radical (unpaired) electrons. The fourth-order valence-corrected chi connectivity index (χ4v) is 0.988. The number of pyridine rings is 1. The van der Waals surface area contributed by atoms with E-state index in [1.54, 1.807) is 12.3 Å². The summed E-state index contributed by atoms with van der Waals surface area (Å²) in [7, 11) is 0. The molecule has 1 aromatic rings. The quantitative estimate of drug-likeness (QED) is 0.689. The molecular formula is C11H19BrClNO. The molecule has 0 bridgehead atoms.